The smallest absolute Gasteiger partial charge is 0.331 e. The van der Waals surface area contributed by atoms with Gasteiger partial charge in [-0.05, 0) is 13.3 Å². The fraction of sp³-hybridized carbons (Fsp3) is 0.368. The zero-order chi connectivity index (χ0) is 21.6. The maximum atomic E-state index is 15.4. The summed E-state index contributed by atoms with van der Waals surface area (Å²) < 4.78 is 36.9. The molecular formula is C19H19F2N9O. The van der Waals surface area contributed by atoms with Gasteiger partial charge in [-0.3, -0.25) is 0 Å². The van der Waals surface area contributed by atoms with E-state index >= 15 is 8.78 Å². The molecule has 160 valence electrons. The summed E-state index contributed by atoms with van der Waals surface area (Å²) in [6.45, 7) is 2.93. The van der Waals surface area contributed by atoms with Gasteiger partial charge in [0.05, 0.1) is 6.54 Å². The molecule has 2 N–H and O–H groups in total. The summed E-state index contributed by atoms with van der Waals surface area (Å²) in [5, 5.41) is 15.9. The second-order valence-corrected chi connectivity index (χ2v) is 7.52. The standard InChI is InChI=1S/C19H19F2N9O/c1-11-14(27-31-26-11)10-30-17-15(25-28-30)16(29-8-7-13(22)9-29)23-18(24-17)19(20,21)12-5-3-2-4-6-12/h2-6,13H,7-10,22H2,1H3. The molecule has 4 aromatic rings. The largest absolute Gasteiger partial charge is 0.353 e. The van der Waals surface area contributed by atoms with E-state index < -0.39 is 11.7 Å². The molecular weight excluding hydrogens is 408 g/mol. The minimum Gasteiger partial charge on any atom is -0.353 e. The lowest BCUT2D eigenvalue weighted by Crippen LogP contribution is -2.28. The van der Waals surface area contributed by atoms with Crippen molar-refractivity contribution in [2.24, 2.45) is 5.73 Å². The van der Waals surface area contributed by atoms with E-state index in [1.807, 2.05) is 4.90 Å². The Hall–Kier alpha value is -3.54. The van der Waals surface area contributed by atoms with Crippen LogP contribution in [0, 0.1) is 6.92 Å². The van der Waals surface area contributed by atoms with Crippen LogP contribution in [0.15, 0.2) is 35.0 Å². The zero-order valence-corrected chi connectivity index (χ0v) is 16.6. The van der Waals surface area contributed by atoms with Crippen molar-refractivity contribution in [3.8, 4) is 0 Å². The highest BCUT2D eigenvalue weighted by molar-refractivity contribution is 5.83. The van der Waals surface area contributed by atoms with Crippen molar-refractivity contribution < 1.29 is 13.4 Å². The Labute approximate surface area is 175 Å². The Morgan fingerprint density at radius 2 is 2.00 bits per heavy atom. The van der Waals surface area contributed by atoms with Crippen molar-refractivity contribution in [3.63, 3.8) is 0 Å². The number of rotatable bonds is 5. The van der Waals surface area contributed by atoms with E-state index in [1.165, 1.54) is 16.8 Å². The van der Waals surface area contributed by atoms with Crippen LogP contribution >= 0.6 is 0 Å². The number of anilines is 1. The molecule has 0 spiro atoms. The van der Waals surface area contributed by atoms with E-state index in [1.54, 1.807) is 25.1 Å². The highest BCUT2D eigenvalue weighted by atomic mass is 19.3. The van der Waals surface area contributed by atoms with E-state index in [9.17, 15) is 0 Å². The third-order valence-corrected chi connectivity index (χ3v) is 5.33. The minimum absolute atomic E-state index is 0.0676. The van der Waals surface area contributed by atoms with Gasteiger partial charge in [0.15, 0.2) is 17.0 Å². The van der Waals surface area contributed by atoms with Gasteiger partial charge >= 0.3 is 5.92 Å². The molecule has 12 heteroatoms. The number of aromatic nitrogens is 7. The van der Waals surface area contributed by atoms with Gasteiger partial charge in [-0.25, -0.2) is 19.3 Å². The normalized spacial score (nSPS) is 17.0. The molecule has 3 aromatic heterocycles. The molecule has 1 unspecified atom stereocenters. The fourth-order valence-corrected chi connectivity index (χ4v) is 3.60. The van der Waals surface area contributed by atoms with Gasteiger partial charge in [-0.1, -0.05) is 45.9 Å². The van der Waals surface area contributed by atoms with Crippen molar-refractivity contribution >= 4 is 17.0 Å². The van der Waals surface area contributed by atoms with Crippen LogP contribution < -0.4 is 10.6 Å². The summed E-state index contributed by atoms with van der Waals surface area (Å²) in [5.74, 6) is -3.74. The van der Waals surface area contributed by atoms with Crippen molar-refractivity contribution in [1.82, 2.24) is 35.3 Å². The van der Waals surface area contributed by atoms with Crippen LogP contribution in [-0.4, -0.2) is 54.4 Å². The van der Waals surface area contributed by atoms with Gasteiger partial charge in [0, 0.05) is 24.7 Å². The van der Waals surface area contributed by atoms with E-state index in [4.69, 9.17) is 10.4 Å². The SMILES string of the molecule is Cc1nonc1Cn1nnc2c(N3CCC(N)C3)nc(C(F)(F)c3ccccc3)nc21. The predicted molar refractivity (Wildman–Crippen MR) is 105 cm³/mol. The molecule has 1 saturated heterocycles. The van der Waals surface area contributed by atoms with Crippen molar-refractivity contribution in [1.29, 1.82) is 0 Å². The highest BCUT2D eigenvalue weighted by Crippen LogP contribution is 2.36. The second kappa shape index (κ2) is 7.30. The first-order valence-electron chi connectivity index (χ1n) is 9.77. The van der Waals surface area contributed by atoms with Gasteiger partial charge in [0.1, 0.15) is 11.4 Å². The lowest BCUT2D eigenvalue weighted by Gasteiger charge is -2.20. The van der Waals surface area contributed by atoms with E-state index in [-0.39, 0.29) is 23.8 Å². The summed E-state index contributed by atoms with van der Waals surface area (Å²) in [7, 11) is 0. The molecule has 1 atom stereocenters. The van der Waals surface area contributed by atoms with E-state index in [0.717, 1.165) is 6.42 Å². The number of hydrogen-bond acceptors (Lipinski definition) is 9. The Morgan fingerprint density at radius 3 is 2.68 bits per heavy atom. The third-order valence-electron chi connectivity index (χ3n) is 5.33. The van der Waals surface area contributed by atoms with Crippen LogP contribution in [0.5, 0.6) is 0 Å². The highest BCUT2D eigenvalue weighted by Gasteiger charge is 2.39. The number of alkyl halides is 2. The molecule has 0 amide bonds. The molecule has 1 aromatic carbocycles. The van der Waals surface area contributed by atoms with Crippen LogP contribution in [0.3, 0.4) is 0 Å². The number of benzene rings is 1. The van der Waals surface area contributed by atoms with Crippen LogP contribution in [0.25, 0.3) is 11.2 Å². The number of nitrogens with zero attached hydrogens (tertiary/aromatic N) is 8. The second-order valence-electron chi connectivity index (χ2n) is 7.52. The molecule has 1 aliphatic rings. The van der Waals surface area contributed by atoms with Crippen molar-refractivity contribution in [2.45, 2.75) is 31.9 Å². The number of fused-ring (bicyclic) bond motifs is 1. The maximum absolute atomic E-state index is 15.4. The minimum atomic E-state index is -3.41. The quantitative estimate of drug-likeness (QED) is 0.506. The lowest BCUT2D eigenvalue weighted by molar-refractivity contribution is 0.0332. The summed E-state index contributed by atoms with van der Waals surface area (Å²) in [6, 6.07) is 7.40. The number of hydrogen-bond donors (Lipinski definition) is 1. The molecule has 5 rings (SSSR count). The first kappa shape index (κ1) is 19.4. The number of aryl methyl sites for hydroxylation is 1. The maximum Gasteiger partial charge on any atom is 0.331 e. The molecule has 0 saturated carbocycles. The van der Waals surface area contributed by atoms with Gasteiger partial charge in [0.2, 0.25) is 5.82 Å². The molecule has 10 nitrogen and oxygen atoms in total. The van der Waals surface area contributed by atoms with Crippen LogP contribution in [-0.2, 0) is 12.5 Å². The van der Waals surface area contributed by atoms with Gasteiger partial charge in [-0.15, -0.1) is 5.10 Å². The zero-order valence-electron chi connectivity index (χ0n) is 16.6. The number of nitrogens with two attached hydrogens (primary N) is 1. The molecule has 1 fully saturated rings. The fourth-order valence-electron chi connectivity index (χ4n) is 3.60. The number of halogens is 2. The Balaban J connectivity index is 1.67. The van der Waals surface area contributed by atoms with Gasteiger partial charge in [0.25, 0.3) is 0 Å². The Bertz CT molecular complexity index is 1220. The van der Waals surface area contributed by atoms with E-state index in [0.29, 0.717) is 35.8 Å². The predicted octanol–water partition coefficient (Wildman–Crippen LogP) is 1.64. The molecule has 0 radical (unpaired) electrons. The van der Waals surface area contributed by atoms with Gasteiger partial charge < -0.3 is 10.6 Å². The Kier molecular flexibility index (Phi) is 4.58. The monoisotopic (exact) mass is 427 g/mol. The molecule has 4 heterocycles. The van der Waals surface area contributed by atoms with E-state index in [2.05, 4.69) is 30.6 Å². The summed E-state index contributed by atoms with van der Waals surface area (Å²) in [6.07, 6.45) is 0.730. The van der Waals surface area contributed by atoms with Crippen LogP contribution in [0.2, 0.25) is 0 Å². The first-order chi connectivity index (χ1) is 14.9. The summed E-state index contributed by atoms with van der Waals surface area (Å²) in [4.78, 5) is 10.3. The Morgan fingerprint density at radius 1 is 1.19 bits per heavy atom. The average Bonchev–Trinajstić information content (AvgIpc) is 3.49. The molecule has 1 aliphatic heterocycles. The van der Waals surface area contributed by atoms with Crippen molar-refractivity contribution in [2.75, 3.05) is 18.0 Å². The topological polar surface area (TPSA) is 125 Å². The molecule has 0 bridgehead atoms. The summed E-state index contributed by atoms with van der Waals surface area (Å²) in [5.41, 5.74) is 7.42. The van der Waals surface area contributed by atoms with Crippen molar-refractivity contribution in [3.05, 3.63) is 53.1 Å². The van der Waals surface area contributed by atoms with Gasteiger partial charge in [-0.2, -0.15) is 8.78 Å². The average molecular weight is 427 g/mol. The van der Waals surface area contributed by atoms with Crippen LogP contribution in [0.4, 0.5) is 14.6 Å². The molecule has 31 heavy (non-hydrogen) atoms. The lowest BCUT2D eigenvalue weighted by atomic mass is 10.1. The van der Waals surface area contributed by atoms with Crippen LogP contribution in [0.1, 0.15) is 29.2 Å². The third kappa shape index (κ3) is 3.38. The first-order valence-corrected chi connectivity index (χ1v) is 9.77. The molecule has 0 aliphatic carbocycles. The summed E-state index contributed by atoms with van der Waals surface area (Å²) >= 11 is 0.